The lowest BCUT2D eigenvalue weighted by atomic mass is 10.0. The van der Waals surface area contributed by atoms with Gasteiger partial charge in [0, 0.05) is 36.3 Å². The molecule has 1 unspecified atom stereocenters. The molecule has 7 heteroatoms. The Balaban J connectivity index is 1.75. The largest absolute Gasteiger partial charge is 0.374 e. The molecule has 1 atom stereocenters. The number of para-hydroxylation sites is 1. The Bertz CT molecular complexity index is 732. The summed E-state index contributed by atoms with van der Waals surface area (Å²) in [5.74, 6) is 2.69. The Morgan fingerprint density at radius 1 is 1.24 bits per heavy atom. The summed E-state index contributed by atoms with van der Waals surface area (Å²) in [6, 6.07) is 11.8. The SMILES string of the molecule is NNC(=O)c1cc(F)c(CC2CN(c3ccccc3)CCO2)c(F)c1. The van der Waals surface area contributed by atoms with E-state index in [1.54, 1.807) is 0 Å². The van der Waals surface area contributed by atoms with E-state index in [9.17, 15) is 13.6 Å². The van der Waals surface area contributed by atoms with E-state index in [4.69, 9.17) is 10.6 Å². The molecular formula is C18H19F2N3O2. The number of rotatable bonds is 4. The molecule has 1 aliphatic rings. The number of nitrogens with one attached hydrogen (secondary N) is 1. The van der Waals surface area contributed by atoms with Crippen LogP contribution in [0.5, 0.6) is 0 Å². The number of ether oxygens (including phenoxy) is 1. The van der Waals surface area contributed by atoms with Crippen molar-refractivity contribution in [3.8, 4) is 0 Å². The third-order valence-electron chi connectivity index (χ3n) is 4.23. The van der Waals surface area contributed by atoms with Crippen molar-refractivity contribution >= 4 is 11.6 Å². The number of carbonyl (C=O) groups is 1. The number of benzene rings is 2. The van der Waals surface area contributed by atoms with Crippen LogP contribution in [-0.2, 0) is 11.2 Å². The molecule has 0 aliphatic carbocycles. The first kappa shape index (κ1) is 17.3. The number of amides is 1. The van der Waals surface area contributed by atoms with E-state index in [1.807, 2.05) is 35.8 Å². The zero-order valence-electron chi connectivity index (χ0n) is 13.5. The van der Waals surface area contributed by atoms with Gasteiger partial charge in [0.05, 0.1) is 12.7 Å². The van der Waals surface area contributed by atoms with E-state index in [0.717, 1.165) is 24.4 Å². The fourth-order valence-corrected chi connectivity index (χ4v) is 2.96. The van der Waals surface area contributed by atoms with Crippen LogP contribution < -0.4 is 16.2 Å². The lowest BCUT2D eigenvalue weighted by Crippen LogP contribution is -2.43. The van der Waals surface area contributed by atoms with Crippen LogP contribution in [-0.4, -0.2) is 31.7 Å². The minimum Gasteiger partial charge on any atom is -0.374 e. The third kappa shape index (κ3) is 3.94. The maximum absolute atomic E-state index is 14.3. The number of halogens is 2. The monoisotopic (exact) mass is 347 g/mol. The van der Waals surface area contributed by atoms with Gasteiger partial charge in [-0.2, -0.15) is 0 Å². The summed E-state index contributed by atoms with van der Waals surface area (Å²) in [4.78, 5) is 13.5. The van der Waals surface area contributed by atoms with E-state index in [2.05, 4.69) is 4.90 Å². The second-order valence-corrected chi connectivity index (χ2v) is 5.87. The summed E-state index contributed by atoms with van der Waals surface area (Å²) >= 11 is 0. The van der Waals surface area contributed by atoms with Gasteiger partial charge in [-0.05, 0) is 24.3 Å². The highest BCUT2D eigenvalue weighted by atomic mass is 19.1. The van der Waals surface area contributed by atoms with Crippen LogP contribution >= 0.6 is 0 Å². The van der Waals surface area contributed by atoms with E-state index < -0.39 is 17.5 Å². The van der Waals surface area contributed by atoms with Crippen LogP contribution in [0.25, 0.3) is 0 Å². The topological polar surface area (TPSA) is 67.6 Å². The van der Waals surface area contributed by atoms with Gasteiger partial charge in [-0.3, -0.25) is 10.2 Å². The van der Waals surface area contributed by atoms with Gasteiger partial charge < -0.3 is 9.64 Å². The van der Waals surface area contributed by atoms with Crippen LogP contribution in [0.15, 0.2) is 42.5 Å². The van der Waals surface area contributed by atoms with Crippen molar-refractivity contribution in [3.05, 3.63) is 65.2 Å². The first-order valence-corrected chi connectivity index (χ1v) is 7.99. The molecule has 132 valence electrons. The fraction of sp³-hybridized carbons (Fsp3) is 0.278. The Hall–Kier alpha value is -2.51. The molecule has 0 aromatic heterocycles. The normalized spacial score (nSPS) is 17.4. The van der Waals surface area contributed by atoms with E-state index in [-0.39, 0.29) is 23.7 Å². The van der Waals surface area contributed by atoms with Crippen molar-refractivity contribution in [2.75, 3.05) is 24.6 Å². The van der Waals surface area contributed by atoms with Gasteiger partial charge in [0.15, 0.2) is 0 Å². The molecule has 0 spiro atoms. The molecule has 1 heterocycles. The van der Waals surface area contributed by atoms with Crippen molar-refractivity contribution in [1.29, 1.82) is 0 Å². The Morgan fingerprint density at radius 3 is 2.56 bits per heavy atom. The standard InChI is InChI=1S/C18H19F2N3O2/c19-16-8-12(18(24)22-21)9-17(20)15(16)10-14-11-23(6-7-25-14)13-4-2-1-3-5-13/h1-5,8-9,14H,6-7,10-11,21H2,(H,22,24). The number of morpholine rings is 1. The quantitative estimate of drug-likeness (QED) is 0.504. The van der Waals surface area contributed by atoms with Gasteiger partial charge in [0.2, 0.25) is 0 Å². The Labute approximate surface area is 144 Å². The van der Waals surface area contributed by atoms with Gasteiger partial charge >= 0.3 is 0 Å². The first-order chi connectivity index (χ1) is 12.1. The average molecular weight is 347 g/mol. The number of nitrogens with zero attached hydrogens (tertiary/aromatic N) is 1. The Kier molecular flexibility index (Phi) is 5.25. The zero-order valence-corrected chi connectivity index (χ0v) is 13.5. The Morgan fingerprint density at radius 2 is 1.92 bits per heavy atom. The smallest absolute Gasteiger partial charge is 0.265 e. The minimum atomic E-state index is -0.779. The number of nitrogens with two attached hydrogens (primary N) is 1. The van der Waals surface area contributed by atoms with Crippen molar-refractivity contribution < 1.29 is 18.3 Å². The second kappa shape index (κ2) is 7.58. The number of hydrazine groups is 1. The number of carbonyl (C=O) groups excluding carboxylic acids is 1. The molecule has 0 radical (unpaired) electrons. The molecule has 0 saturated carbocycles. The summed E-state index contributed by atoms with van der Waals surface area (Å²) in [5.41, 5.74) is 2.66. The molecule has 2 aromatic rings. The minimum absolute atomic E-state index is 0.0888. The predicted molar refractivity (Wildman–Crippen MR) is 90.1 cm³/mol. The highest BCUT2D eigenvalue weighted by Crippen LogP contribution is 2.22. The molecule has 2 aromatic carbocycles. The van der Waals surface area contributed by atoms with Crippen LogP contribution in [0.1, 0.15) is 15.9 Å². The fourth-order valence-electron chi connectivity index (χ4n) is 2.96. The first-order valence-electron chi connectivity index (χ1n) is 7.99. The molecule has 1 fully saturated rings. The average Bonchev–Trinajstić information content (AvgIpc) is 2.65. The summed E-state index contributed by atoms with van der Waals surface area (Å²) in [5, 5.41) is 0. The number of hydrogen-bond acceptors (Lipinski definition) is 4. The molecule has 25 heavy (non-hydrogen) atoms. The molecule has 3 rings (SSSR count). The number of anilines is 1. The molecular weight excluding hydrogens is 328 g/mol. The maximum atomic E-state index is 14.3. The highest BCUT2D eigenvalue weighted by Gasteiger charge is 2.24. The number of hydrogen-bond donors (Lipinski definition) is 2. The van der Waals surface area contributed by atoms with Crippen molar-refractivity contribution in [2.24, 2.45) is 5.84 Å². The van der Waals surface area contributed by atoms with Crippen LogP contribution in [0, 0.1) is 11.6 Å². The van der Waals surface area contributed by atoms with Crippen LogP contribution in [0.4, 0.5) is 14.5 Å². The molecule has 0 bridgehead atoms. The lowest BCUT2D eigenvalue weighted by molar-refractivity contribution is 0.0400. The molecule has 5 nitrogen and oxygen atoms in total. The second-order valence-electron chi connectivity index (χ2n) is 5.87. The van der Waals surface area contributed by atoms with E-state index >= 15 is 0 Å². The van der Waals surface area contributed by atoms with Crippen molar-refractivity contribution in [3.63, 3.8) is 0 Å². The van der Waals surface area contributed by atoms with E-state index in [1.165, 1.54) is 0 Å². The van der Waals surface area contributed by atoms with Gasteiger partial charge in [-0.1, -0.05) is 18.2 Å². The number of nitrogen functional groups attached to an aromatic ring is 1. The van der Waals surface area contributed by atoms with Gasteiger partial charge in [-0.25, -0.2) is 14.6 Å². The van der Waals surface area contributed by atoms with Crippen LogP contribution in [0.2, 0.25) is 0 Å². The molecule has 1 saturated heterocycles. The molecule has 3 N–H and O–H groups in total. The van der Waals surface area contributed by atoms with Crippen molar-refractivity contribution in [2.45, 2.75) is 12.5 Å². The molecule has 1 aliphatic heterocycles. The van der Waals surface area contributed by atoms with Crippen LogP contribution in [0.3, 0.4) is 0 Å². The third-order valence-corrected chi connectivity index (χ3v) is 4.23. The summed E-state index contributed by atoms with van der Waals surface area (Å²) in [6.45, 7) is 1.74. The highest BCUT2D eigenvalue weighted by molar-refractivity contribution is 5.93. The lowest BCUT2D eigenvalue weighted by Gasteiger charge is -2.34. The van der Waals surface area contributed by atoms with Gasteiger partial charge in [0.25, 0.3) is 5.91 Å². The van der Waals surface area contributed by atoms with E-state index in [0.29, 0.717) is 13.2 Å². The molecule has 1 amide bonds. The predicted octanol–water partition coefficient (Wildman–Crippen LogP) is 2.02. The summed E-state index contributed by atoms with van der Waals surface area (Å²) in [6.07, 6.45) is -0.252. The zero-order chi connectivity index (χ0) is 17.8. The van der Waals surface area contributed by atoms with Crippen molar-refractivity contribution in [1.82, 2.24) is 5.43 Å². The summed E-state index contributed by atoms with van der Waals surface area (Å²) < 4.78 is 34.2. The maximum Gasteiger partial charge on any atom is 0.265 e. The van der Waals surface area contributed by atoms with Gasteiger partial charge in [0.1, 0.15) is 11.6 Å². The summed E-state index contributed by atoms with van der Waals surface area (Å²) in [7, 11) is 0. The van der Waals surface area contributed by atoms with Gasteiger partial charge in [-0.15, -0.1) is 0 Å².